The number of nitrogens with zero attached hydrogens (tertiary/aromatic N) is 1. The molecule has 0 aliphatic carbocycles. The number of rotatable bonds is 7. The van der Waals surface area contributed by atoms with Crippen LogP contribution in [0.25, 0.3) is 21.9 Å². The lowest BCUT2D eigenvalue weighted by atomic mass is 9.95. The maximum absolute atomic E-state index is 13.9. The second kappa shape index (κ2) is 10.2. The van der Waals surface area contributed by atoms with Crippen molar-refractivity contribution < 1.29 is 14.0 Å². The first kappa shape index (κ1) is 25.6. The van der Waals surface area contributed by atoms with Crippen molar-refractivity contribution in [3.8, 4) is 11.1 Å². The molecule has 0 atom stereocenters. The number of anilines is 2. The van der Waals surface area contributed by atoms with Gasteiger partial charge in [0.1, 0.15) is 5.82 Å². The zero-order valence-corrected chi connectivity index (χ0v) is 21.2. The zero-order chi connectivity index (χ0) is 26.9. The van der Waals surface area contributed by atoms with Gasteiger partial charge in [-0.05, 0) is 85.8 Å². The molecule has 0 aliphatic heterocycles. The number of allylic oxidation sites excluding steroid dienone is 1. The molecule has 4 rings (SSSR count). The van der Waals surface area contributed by atoms with E-state index in [1.165, 1.54) is 22.8 Å². The van der Waals surface area contributed by atoms with Crippen LogP contribution in [0.3, 0.4) is 0 Å². The van der Waals surface area contributed by atoms with Gasteiger partial charge in [0, 0.05) is 58.8 Å². The van der Waals surface area contributed by atoms with Crippen molar-refractivity contribution in [2.75, 3.05) is 11.9 Å². The van der Waals surface area contributed by atoms with Gasteiger partial charge in [-0.3, -0.25) is 14.4 Å². The molecule has 3 aromatic carbocycles. The normalized spacial score (nSPS) is 10.8. The Morgan fingerprint density at radius 3 is 2.30 bits per heavy atom. The van der Waals surface area contributed by atoms with Crippen molar-refractivity contribution >= 4 is 33.8 Å². The molecule has 7 heteroatoms. The molecule has 0 radical (unpaired) electrons. The fraction of sp³-hybridized carbons (Fsp3) is 0.167. The highest BCUT2D eigenvalue weighted by molar-refractivity contribution is 6.08. The number of pyridine rings is 1. The van der Waals surface area contributed by atoms with E-state index in [1.54, 1.807) is 49.6 Å². The van der Waals surface area contributed by atoms with Gasteiger partial charge in [0.15, 0.2) is 5.78 Å². The summed E-state index contributed by atoms with van der Waals surface area (Å²) in [5.41, 5.74) is 4.81. The van der Waals surface area contributed by atoms with Crippen molar-refractivity contribution in [1.29, 1.82) is 0 Å². The number of nitrogens with one attached hydrogen (secondary N) is 2. The molecule has 0 bridgehead atoms. The van der Waals surface area contributed by atoms with Crippen molar-refractivity contribution in [3.63, 3.8) is 0 Å². The van der Waals surface area contributed by atoms with Crippen LogP contribution in [0.15, 0.2) is 72.2 Å². The smallest absolute Gasteiger partial charge is 0.258 e. The lowest BCUT2D eigenvalue weighted by Crippen LogP contribution is -2.23. The lowest BCUT2D eigenvalue weighted by Gasteiger charge is -2.19. The molecule has 1 amide bonds. The van der Waals surface area contributed by atoms with Crippen LogP contribution in [-0.4, -0.2) is 22.8 Å². The maximum atomic E-state index is 13.9. The van der Waals surface area contributed by atoms with Crippen LogP contribution >= 0.6 is 0 Å². The van der Waals surface area contributed by atoms with Gasteiger partial charge in [0.05, 0.1) is 0 Å². The van der Waals surface area contributed by atoms with Crippen molar-refractivity contribution in [3.05, 3.63) is 106 Å². The van der Waals surface area contributed by atoms with Gasteiger partial charge in [-0.2, -0.15) is 0 Å². The number of ketones is 1. The van der Waals surface area contributed by atoms with Crippen LogP contribution < -0.4 is 16.2 Å². The summed E-state index contributed by atoms with van der Waals surface area (Å²) in [6.45, 7) is 9.52. The molecule has 1 heterocycles. The summed E-state index contributed by atoms with van der Waals surface area (Å²) in [4.78, 5) is 38.0. The van der Waals surface area contributed by atoms with Crippen LogP contribution in [0.4, 0.5) is 15.8 Å². The Morgan fingerprint density at radius 2 is 1.65 bits per heavy atom. The number of hydrogen-bond acceptors (Lipinski definition) is 4. The molecule has 0 spiro atoms. The van der Waals surface area contributed by atoms with Gasteiger partial charge in [0.25, 0.3) is 11.5 Å². The van der Waals surface area contributed by atoms with E-state index >= 15 is 0 Å². The van der Waals surface area contributed by atoms with Crippen LogP contribution in [-0.2, 0) is 7.05 Å². The monoisotopic (exact) mass is 497 g/mol. The minimum absolute atomic E-state index is 0.241. The molecule has 0 saturated heterocycles. The number of halogens is 1. The summed E-state index contributed by atoms with van der Waals surface area (Å²) < 4.78 is 15.4. The summed E-state index contributed by atoms with van der Waals surface area (Å²) in [6.07, 6.45) is 2.96. The molecule has 37 heavy (non-hydrogen) atoms. The first-order chi connectivity index (χ1) is 17.6. The maximum Gasteiger partial charge on any atom is 0.258 e. The molecule has 188 valence electrons. The second-order valence-corrected chi connectivity index (χ2v) is 8.95. The Kier molecular flexibility index (Phi) is 7.07. The molecule has 0 saturated carbocycles. The second-order valence-electron chi connectivity index (χ2n) is 8.95. The molecule has 1 aromatic heterocycles. The van der Waals surface area contributed by atoms with E-state index in [4.69, 9.17) is 0 Å². The molecule has 0 unspecified atom stereocenters. The fourth-order valence-electron chi connectivity index (χ4n) is 4.48. The highest BCUT2D eigenvalue weighted by atomic mass is 19.1. The van der Waals surface area contributed by atoms with Gasteiger partial charge in [-0.15, -0.1) is 0 Å². The number of benzene rings is 3. The topological polar surface area (TPSA) is 80.2 Å². The molecular formula is C30H28FN3O3. The molecular weight excluding hydrogens is 469 g/mol. The van der Waals surface area contributed by atoms with E-state index in [9.17, 15) is 18.8 Å². The van der Waals surface area contributed by atoms with Gasteiger partial charge < -0.3 is 15.2 Å². The Hall–Kier alpha value is -4.52. The molecule has 0 fully saturated rings. The van der Waals surface area contributed by atoms with E-state index in [-0.39, 0.29) is 23.1 Å². The molecule has 0 aliphatic rings. The lowest BCUT2D eigenvalue weighted by molar-refractivity contribution is 0.0955. The first-order valence-electron chi connectivity index (χ1n) is 11.9. The number of fused-ring (bicyclic) bond motifs is 1. The number of hydrogen-bond donors (Lipinski definition) is 2. The van der Waals surface area contributed by atoms with E-state index < -0.39 is 0 Å². The number of carbonyl (C=O) groups excluding carboxylic acids is 2. The minimum atomic E-state index is -0.320. The largest absolute Gasteiger partial charge is 0.355 e. The van der Waals surface area contributed by atoms with Crippen molar-refractivity contribution in [2.45, 2.75) is 20.8 Å². The summed E-state index contributed by atoms with van der Waals surface area (Å²) in [5.74, 6) is -0.825. The molecule has 4 aromatic rings. The van der Waals surface area contributed by atoms with Crippen LogP contribution in [0.2, 0.25) is 0 Å². The van der Waals surface area contributed by atoms with Gasteiger partial charge in [-0.25, -0.2) is 4.39 Å². The highest BCUT2D eigenvalue weighted by Gasteiger charge is 2.18. The average molecular weight is 498 g/mol. The third-order valence-corrected chi connectivity index (χ3v) is 6.32. The Balaban J connectivity index is 1.99. The highest BCUT2D eigenvalue weighted by Crippen LogP contribution is 2.37. The zero-order valence-electron chi connectivity index (χ0n) is 21.2. The fourth-order valence-corrected chi connectivity index (χ4v) is 4.48. The summed E-state index contributed by atoms with van der Waals surface area (Å²) in [7, 11) is 1.64. The van der Waals surface area contributed by atoms with E-state index in [0.29, 0.717) is 45.3 Å². The van der Waals surface area contributed by atoms with E-state index in [0.717, 1.165) is 16.8 Å². The van der Waals surface area contributed by atoms with Gasteiger partial charge in [-0.1, -0.05) is 12.6 Å². The van der Waals surface area contributed by atoms with Crippen LogP contribution in [0.1, 0.15) is 38.8 Å². The molecule has 2 N–H and O–H groups in total. The van der Waals surface area contributed by atoms with Crippen LogP contribution in [0.5, 0.6) is 0 Å². The van der Waals surface area contributed by atoms with Crippen molar-refractivity contribution in [1.82, 2.24) is 9.88 Å². The SMILES string of the molecule is C=CC(=O)c1ccc(Nc2c(C)cc(F)cc2C)c(-c2cn(C)c(=O)c3cc(C(=O)NCC)ccc23)c1. The third-order valence-electron chi connectivity index (χ3n) is 6.32. The first-order valence-corrected chi connectivity index (χ1v) is 11.9. The standard InChI is InChI=1S/C30H28FN3O3/c1-6-27(35)19-9-11-26(33-28-17(3)12-21(31)13-18(28)4)23(14-19)25-16-34(5)30(37)24-15-20(8-10-22(24)25)29(36)32-7-2/h6,8-16,33H,1,7H2,2-5H3,(H,32,36). The van der Waals surface area contributed by atoms with Gasteiger partial charge in [0.2, 0.25) is 0 Å². The van der Waals surface area contributed by atoms with Crippen molar-refractivity contribution in [2.24, 2.45) is 7.05 Å². The predicted octanol–water partition coefficient (Wildman–Crippen LogP) is 5.82. The van der Waals surface area contributed by atoms with E-state index in [2.05, 4.69) is 17.2 Å². The Labute approximate surface area is 214 Å². The summed E-state index contributed by atoms with van der Waals surface area (Å²) >= 11 is 0. The quantitative estimate of drug-likeness (QED) is 0.249. The number of carbonyl (C=O) groups is 2. The van der Waals surface area contributed by atoms with Crippen LogP contribution in [0, 0.1) is 19.7 Å². The summed E-state index contributed by atoms with van der Waals surface area (Å²) in [6, 6.07) is 13.1. The summed E-state index contributed by atoms with van der Waals surface area (Å²) in [5, 5.41) is 7.17. The average Bonchev–Trinajstić information content (AvgIpc) is 2.87. The number of aromatic nitrogens is 1. The Bertz CT molecular complexity index is 1610. The predicted molar refractivity (Wildman–Crippen MR) is 146 cm³/mol. The number of aryl methyl sites for hydroxylation is 3. The molecule has 6 nitrogen and oxygen atoms in total. The third kappa shape index (κ3) is 4.93. The van der Waals surface area contributed by atoms with E-state index in [1.807, 2.05) is 20.8 Å². The Morgan fingerprint density at radius 1 is 0.973 bits per heavy atom. The number of amides is 1. The van der Waals surface area contributed by atoms with Gasteiger partial charge >= 0.3 is 0 Å². The minimum Gasteiger partial charge on any atom is -0.355 e.